The van der Waals surface area contributed by atoms with E-state index in [0.29, 0.717) is 11.5 Å². The highest BCUT2D eigenvalue weighted by molar-refractivity contribution is 6.15. The third-order valence-electron chi connectivity index (χ3n) is 12.6. The Hall–Kier alpha value is -1.71. The van der Waals surface area contributed by atoms with Crippen LogP contribution >= 0.6 is 0 Å². The van der Waals surface area contributed by atoms with Crippen LogP contribution in [0.5, 0.6) is 0 Å². The lowest BCUT2D eigenvalue weighted by Crippen LogP contribution is -2.64. The monoisotopic (exact) mass is 480 g/mol. The summed E-state index contributed by atoms with van der Waals surface area (Å²) in [6, 6.07) is 0. The van der Waals surface area contributed by atoms with E-state index in [4.69, 9.17) is 0 Å². The number of allylic oxidation sites excluding steroid dienone is 4. The van der Waals surface area contributed by atoms with Crippen molar-refractivity contribution in [2.24, 2.45) is 50.2 Å². The van der Waals surface area contributed by atoms with Crippen molar-refractivity contribution >= 4 is 18.0 Å². The molecule has 4 heteroatoms. The standard InChI is InChI=1S/C31H44O4/c1-26(2)12-14-31(25(34)35)15-13-29(6)20(21(31)17-26)8-9-23-28(5)16-19(18-32)24(33)27(3,4)22(28)10-11-30(23,29)7/h8,16,18,21-23H,9-15,17H2,1-7H3,(H,34,35)/t21?,22-,23?,28?,29+,30+,31-/m0/s1. The van der Waals surface area contributed by atoms with Crippen molar-refractivity contribution in [2.45, 2.75) is 99.8 Å². The zero-order valence-electron chi connectivity index (χ0n) is 22.8. The van der Waals surface area contributed by atoms with Crippen molar-refractivity contribution in [3.8, 4) is 0 Å². The van der Waals surface area contributed by atoms with Crippen LogP contribution in [0.2, 0.25) is 0 Å². The van der Waals surface area contributed by atoms with Crippen molar-refractivity contribution in [3.63, 3.8) is 0 Å². The Bertz CT molecular complexity index is 1060. The first kappa shape index (κ1) is 25.0. The average Bonchev–Trinajstić information content (AvgIpc) is 2.76. The molecular formula is C31H44O4. The van der Waals surface area contributed by atoms with E-state index >= 15 is 0 Å². The lowest BCUT2D eigenvalue weighted by atomic mass is 9.34. The summed E-state index contributed by atoms with van der Waals surface area (Å²) in [5.74, 6) is 0.00771. The Labute approximate surface area is 211 Å². The molecule has 3 saturated carbocycles. The zero-order chi connectivity index (χ0) is 25.8. The number of carbonyl (C=O) groups excluding carboxylic acids is 2. The summed E-state index contributed by atoms with van der Waals surface area (Å²) in [6.07, 6.45) is 12.5. The first-order chi connectivity index (χ1) is 16.1. The van der Waals surface area contributed by atoms with E-state index in [9.17, 15) is 19.5 Å². The van der Waals surface area contributed by atoms with Crippen molar-refractivity contribution in [1.29, 1.82) is 0 Å². The fourth-order valence-corrected chi connectivity index (χ4v) is 10.3. The van der Waals surface area contributed by atoms with Gasteiger partial charge in [0.2, 0.25) is 0 Å². The number of Topliss-reactive ketones (excluding diaryl/α,β-unsaturated/α-hetero) is 1. The number of aliphatic carboxylic acids is 1. The van der Waals surface area contributed by atoms with Crippen LogP contribution in [0.15, 0.2) is 23.3 Å². The molecular weight excluding hydrogens is 436 g/mol. The van der Waals surface area contributed by atoms with Gasteiger partial charge in [0.1, 0.15) is 0 Å². The maximum atomic E-state index is 13.2. The highest BCUT2D eigenvalue weighted by Crippen LogP contribution is 2.75. The minimum Gasteiger partial charge on any atom is -0.481 e. The van der Waals surface area contributed by atoms with Crippen molar-refractivity contribution in [3.05, 3.63) is 23.3 Å². The van der Waals surface area contributed by atoms with Crippen molar-refractivity contribution in [2.75, 3.05) is 0 Å². The van der Waals surface area contributed by atoms with Crippen LogP contribution in [-0.2, 0) is 14.4 Å². The van der Waals surface area contributed by atoms with Gasteiger partial charge in [0, 0.05) is 5.41 Å². The summed E-state index contributed by atoms with van der Waals surface area (Å²) in [4.78, 5) is 37.9. The topological polar surface area (TPSA) is 71.4 Å². The second kappa shape index (κ2) is 7.19. The quantitative estimate of drug-likeness (QED) is 0.268. The Morgan fingerprint density at radius 2 is 1.63 bits per heavy atom. The third-order valence-corrected chi connectivity index (χ3v) is 12.6. The van der Waals surface area contributed by atoms with E-state index in [2.05, 4.69) is 40.7 Å². The number of hydrogen-bond donors (Lipinski definition) is 1. The second-order valence-electron chi connectivity index (χ2n) is 14.8. The number of hydrogen-bond acceptors (Lipinski definition) is 3. The van der Waals surface area contributed by atoms with Gasteiger partial charge >= 0.3 is 5.97 Å². The summed E-state index contributed by atoms with van der Waals surface area (Å²) in [6.45, 7) is 15.9. The molecule has 0 aromatic rings. The maximum absolute atomic E-state index is 13.2. The molecule has 0 saturated heterocycles. The lowest BCUT2D eigenvalue weighted by molar-refractivity contribution is -0.174. The molecule has 0 aliphatic heterocycles. The first-order valence-electron chi connectivity index (χ1n) is 13.8. The normalized spacial score (nSPS) is 47.7. The van der Waals surface area contributed by atoms with Crippen molar-refractivity contribution < 1.29 is 19.5 Å². The zero-order valence-corrected chi connectivity index (χ0v) is 22.8. The van der Waals surface area contributed by atoms with Gasteiger partial charge < -0.3 is 5.11 Å². The Kier molecular flexibility index (Phi) is 5.13. The highest BCUT2D eigenvalue weighted by atomic mass is 16.4. The van der Waals surface area contributed by atoms with Gasteiger partial charge in [-0.05, 0) is 90.8 Å². The lowest BCUT2D eigenvalue weighted by Gasteiger charge is -2.69. The van der Waals surface area contributed by atoms with E-state index < -0.39 is 16.8 Å². The minimum atomic E-state index is -0.630. The number of ketones is 1. The fourth-order valence-electron chi connectivity index (χ4n) is 10.3. The number of carboxylic acids is 1. The largest absolute Gasteiger partial charge is 0.481 e. The van der Waals surface area contributed by atoms with Crippen LogP contribution in [0.3, 0.4) is 0 Å². The van der Waals surface area contributed by atoms with Crippen LogP contribution in [0.1, 0.15) is 99.8 Å². The average molecular weight is 481 g/mol. The smallest absolute Gasteiger partial charge is 0.310 e. The van der Waals surface area contributed by atoms with E-state index in [1.165, 1.54) is 5.57 Å². The maximum Gasteiger partial charge on any atom is 0.310 e. The molecule has 0 radical (unpaired) electrons. The summed E-state index contributed by atoms with van der Waals surface area (Å²) in [5.41, 5.74) is 0.417. The summed E-state index contributed by atoms with van der Waals surface area (Å²) in [5, 5.41) is 10.5. The molecule has 5 aliphatic carbocycles. The molecule has 0 heterocycles. The molecule has 7 atom stereocenters. The molecule has 5 aliphatic rings. The van der Waals surface area contributed by atoms with Gasteiger partial charge in [-0.2, -0.15) is 0 Å². The Balaban J connectivity index is 1.65. The molecule has 35 heavy (non-hydrogen) atoms. The molecule has 192 valence electrons. The van der Waals surface area contributed by atoms with Crippen LogP contribution in [0, 0.1) is 50.2 Å². The van der Waals surface area contributed by atoms with Crippen molar-refractivity contribution in [1.82, 2.24) is 0 Å². The number of carboxylic acid groups (broad SMARTS) is 1. The molecule has 0 bridgehead atoms. The van der Waals surface area contributed by atoms with Crippen LogP contribution in [0.25, 0.3) is 0 Å². The summed E-state index contributed by atoms with van der Waals surface area (Å²) in [7, 11) is 0. The van der Waals surface area contributed by atoms with E-state index in [1.54, 1.807) is 0 Å². The SMILES string of the molecule is CC1(C)CC[C@]2(C(=O)O)CC[C@]3(C)C(=CCC4C5(C)C=C(C=O)C(=O)C(C)(C)[C@@H]5CC[C@]43C)C2C1. The predicted octanol–water partition coefficient (Wildman–Crippen LogP) is 6.79. The second-order valence-corrected chi connectivity index (χ2v) is 14.8. The van der Waals surface area contributed by atoms with Gasteiger partial charge in [0.15, 0.2) is 12.1 Å². The van der Waals surface area contributed by atoms with Gasteiger partial charge in [-0.3, -0.25) is 14.4 Å². The first-order valence-corrected chi connectivity index (χ1v) is 13.8. The number of aldehydes is 1. The van der Waals surface area contributed by atoms with Gasteiger partial charge in [-0.15, -0.1) is 0 Å². The van der Waals surface area contributed by atoms with Gasteiger partial charge in [-0.1, -0.05) is 66.2 Å². The molecule has 3 unspecified atom stereocenters. The molecule has 3 fully saturated rings. The summed E-state index contributed by atoms with van der Waals surface area (Å²) >= 11 is 0. The minimum absolute atomic E-state index is 0.00442. The Morgan fingerprint density at radius 3 is 2.26 bits per heavy atom. The molecule has 0 aromatic heterocycles. The van der Waals surface area contributed by atoms with E-state index in [-0.39, 0.29) is 39.3 Å². The Morgan fingerprint density at radius 1 is 0.971 bits per heavy atom. The highest BCUT2D eigenvalue weighted by Gasteiger charge is 2.69. The molecule has 0 amide bonds. The molecule has 0 spiro atoms. The van der Waals surface area contributed by atoms with Gasteiger partial charge in [-0.25, -0.2) is 0 Å². The van der Waals surface area contributed by atoms with Gasteiger partial charge in [0.25, 0.3) is 0 Å². The van der Waals surface area contributed by atoms with Gasteiger partial charge in [0.05, 0.1) is 11.0 Å². The number of fused-ring (bicyclic) bond motifs is 7. The van der Waals surface area contributed by atoms with Crippen LogP contribution in [0.4, 0.5) is 0 Å². The predicted molar refractivity (Wildman–Crippen MR) is 137 cm³/mol. The third kappa shape index (κ3) is 2.95. The molecule has 0 aromatic carbocycles. The van der Waals surface area contributed by atoms with Crippen LogP contribution in [-0.4, -0.2) is 23.1 Å². The molecule has 5 rings (SSSR count). The van der Waals surface area contributed by atoms with E-state index in [1.807, 2.05) is 19.9 Å². The summed E-state index contributed by atoms with van der Waals surface area (Å²) < 4.78 is 0. The number of carbonyl (C=O) groups is 3. The number of rotatable bonds is 2. The molecule has 4 nitrogen and oxygen atoms in total. The van der Waals surface area contributed by atoms with E-state index in [0.717, 1.165) is 57.7 Å². The van der Waals surface area contributed by atoms with Crippen LogP contribution < -0.4 is 0 Å². The molecule has 1 N–H and O–H groups in total. The fraction of sp³-hybridized carbons (Fsp3) is 0.774.